The molecule has 0 bridgehead atoms. The molecule has 1 aliphatic heterocycles. The first-order chi connectivity index (χ1) is 15.5. The van der Waals surface area contributed by atoms with Crippen molar-refractivity contribution in [1.82, 2.24) is 9.80 Å². The largest absolute Gasteiger partial charge is 0.497 e. The Morgan fingerprint density at radius 2 is 1.31 bits per heavy atom. The molecule has 1 fully saturated rings. The van der Waals surface area contributed by atoms with Crippen molar-refractivity contribution in [1.29, 1.82) is 0 Å². The topological polar surface area (TPSA) is 32.8 Å². The minimum atomic E-state index is 0.0865. The van der Waals surface area contributed by atoms with Gasteiger partial charge in [-0.1, -0.05) is 59.6 Å². The van der Waals surface area contributed by atoms with Gasteiger partial charge in [0.1, 0.15) is 5.75 Å². The molecule has 0 N–H and O–H groups in total. The number of carbonyl (C=O) groups excluding carboxylic acids is 1. The van der Waals surface area contributed by atoms with E-state index in [0.29, 0.717) is 19.5 Å². The van der Waals surface area contributed by atoms with Gasteiger partial charge < -0.3 is 9.64 Å². The zero-order valence-corrected chi connectivity index (χ0v) is 19.5. The summed E-state index contributed by atoms with van der Waals surface area (Å²) in [5, 5.41) is 1.44. The number of halogens is 2. The van der Waals surface area contributed by atoms with Gasteiger partial charge in [-0.05, 0) is 53.1 Å². The van der Waals surface area contributed by atoms with Crippen molar-refractivity contribution in [2.24, 2.45) is 0 Å². The lowest BCUT2D eigenvalue weighted by molar-refractivity contribution is -0.132. The number of piperazine rings is 1. The highest BCUT2D eigenvalue weighted by Crippen LogP contribution is 2.31. The molecule has 0 spiro atoms. The predicted octanol–water partition coefficient (Wildman–Crippen LogP) is 5.48. The van der Waals surface area contributed by atoms with Gasteiger partial charge in [0, 0.05) is 36.2 Å². The van der Waals surface area contributed by atoms with Crippen molar-refractivity contribution < 1.29 is 9.53 Å². The minimum absolute atomic E-state index is 0.0865. The molecule has 4 rings (SSSR count). The van der Waals surface area contributed by atoms with Crippen molar-refractivity contribution in [3.05, 3.63) is 99.5 Å². The van der Waals surface area contributed by atoms with Gasteiger partial charge in [-0.2, -0.15) is 0 Å². The molecule has 3 aromatic carbocycles. The summed E-state index contributed by atoms with van der Waals surface area (Å²) < 4.78 is 5.20. The summed E-state index contributed by atoms with van der Waals surface area (Å²) in [5.74, 6) is 0.953. The normalized spacial score (nSPS) is 14.6. The van der Waals surface area contributed by atoms with Gasteiger partial charge in [-0.25, -0.2) is 0 Å². The van der Waals surface area contributed by atoms with Crippen LogP contribution in [-0.4, -0.2) is 49.0 Å². The highest BCUT2D eigenvalue weighted by molar-refractivity contribution is 6.30. The molecule has 1 amide bonds. The smallest absolute Gasteiger partial charge is 0.227 e. The molecule has 1 saturated heterocycles. The third kappa shape index (κ3) is 5.44. The molecular weight excluding hydrogens is 443 g/mol. The number of ether oxygens (including phenoxy) is 1. The van der Waals surface area contributed by atoms with E-state index in [0.717, 1.165) is 34.4 Å². The summed E-state index contributed by atoms with van der Waals surface area (Å²) in [5.41, 5.74) is 3.35. The zero-order valence-electron chi connectivity index (χ0n) is 18.0. The quantitative estimate of drug-likeness (QED) is 0.480. The summed E-state index contributed by atoms with van der Waals surface area (Å²) in [6.07, 6.45) is 0.405. The summed E-state index contributed by atoms with van der Waals surface area (Å²) in [7, 11) is 1.64. The van der Waals surface area contributed by atoms with E-state index in [2.05, 4.69) is 29.2 Å². The maximum atomic E-state index is 12.9. The van der Waals surface area contributed by atoms with Crippen LogP contribution in [0.15, 0.2) is 72.8 Å². The first-order valence-corrected chi connectivity index (χ1v) is 11.4. The number of methoxy groups -OCH3 is 1. The van der Waals surface area contributed by atoms with Crippen molar-refractivity contribution in [3.63, 3.8) is 0 Å². The number of amides is 1. The average Bonchev–Trinajstić information content (AvgIpc) is 2.82. The molecule has 0 aromatic heterocycles. The van der Waals surface area contributed by atoms with Gasteiger partial charge in [0.05, 0.1) is 19.6 Å². The molecule has 6 heteroatoms. The fraction of sp³-hybridized carbons (Fsp3) is 0.269. The van der Waals surface area contributed by atoms with Crippen molar-refractivity contribution in [3.8, 4) is 5.75 Å². The van der Waals surface area contributed by atoms with Gasteiger partial charge in [0.15, 0.2) is 0 Å². The van der Waals surface area contributed by atoms with Crippen LogP contribution in [0.1, 0.15) is 22.7 Å². The second-order valence-corrected chi connectivity index (χ2v) is 8.82. The van der Waals surface area contributed by atoms with Crippen LogP contribution in [0, 0.1) is 0 Å². The van der Waals surface area contributed by atoms with E-state index < -0.39 is 0 Å². The van der Waals surface area contributed by atoms with Crippen LogP contribution in [0.2, 0.25) is 10.0 Å². The summed E-state index contributed by atoms with van der Waals surface area (Å²) in [4.78, 5) is 17.2. The molecular formula is C26H26Cl2N2O2. The van der Waals surface area contributed by atoms with Gasteiger partial charge in [-0.15, -0.1) is 0 Å². The molecule has 0 atom stereocenters. The standard InChI is InChI=1S/C26H26Cl2N2O2/c1-32-24-12-2-19(3-13-24)18-25(31)29-14-16-30(17-15-29)26(20-4-8-22(27)9-5-20)21-6-10-23(28)11-7-21/h2-13,26H,14-18H2,1H3. The van der Waals surface area contributed by atoms with Crippen LogP contribution in [0.4, 0.5) is 0 Å². The second-order valence-electron chi connectivity index (χ2n) is 7.95. The van der Waals surface area contributed by atoms with Crippen LogP contribution in [0.3, 0.4) is 0 Å². The highest BCUT2D eigenvalue weighted by atomic mass is 35.5. The predicted molar refractivity (Wildman–Crippen MR) is 130 cm³/mol. The number of benzene rings is 3. The molecule has 1 heterocycles. The molecule has 0 saturated carbocycles. The second kappa shape index (κ2) is 10.4. The van der Waals surface area contributed by atoms with Crippen LogP contribution >= 0.6 is 23.2 Å². The van der Waals surface area contributed by atoms with Gasteiger partial charge in [-0.3, -0.25) is 9.69 Å². The average molecular weight is 469 g/mol. The molecule has 0 radical (unpaired) electrons. The summed E-state index contributed by atoms with van der Waals surface area (Å²) in [6.45, 7) is 2.99. The fourth-order valence-electron chi connectivity index (χ4n) is 4.16. The third-order valence-corrected chi connectivity index (χ3v) is 6.42. The first-order valence-electron chi connectivity index (χ1n) is 10.7. The number of carbonyl (C=O) groups is 1. The zero-order chi connectivity index (χ0) is 22.5. The molecule has 166 valence electrons. The van der Waals surface area contributed by atoms with E-state index in [-0.39, 0.29) is 11.9 Å². The summed E-state index contributed by atoms with van der Waals surface area (Å²) >= 11 is 12.2. The van der Waals surface area contributed by atoms with Crippen LogP contribution < -0.4 is 4.74 Å². The van der Waals surface area contributed by atoms with Gasteiger partial charge >= 0.3 is 0 Å². The molecule has 3 aromatic rings. The molecule has 4 nitrogen and oxygen atoms in total. The highest BCUT2D eigenvalue weighted by Gasteiger charge is 2.28. The lowest BCUT2D eigenvalue weighted by Crippen LogP contribution is -2.50. The van der Waals surface area contributed by atoms with E-state index >= 15 is 0 Å². The van der Waals surface area contributed by atoms with Crippen molar-refractivity contribution in [2.45, 2.75) is 12.5 Å². The maximum absolute atomic E-state index is 12.9. The minimum Gasteiger partial charge on any atom is -0.497 e. The van der Waals surface area contributed by atoms with E-state index in [9.17, 15) is 4.79 Å². The molecule has 0 aliphatic carbocycles. The Bertz CT molecular complexity index is 983. The van der Waals surface area contributed by atoms with Gasteiger partial charge in [0.2, 0.25) is 5.91 Å². The Morgan fingerprint density at radius 1 is 0.812 bits per heavy atom. The van der Waals surface area contributed by atoms with E-state index in [4.69, 9.17) is 27.9 Å². The van der Waals surface area contributed by atoms with Crippen LogP contribution in [0.5, 0.6) is 5.75 Å². The Hall–Kier alpha value is -2.53. The molecule has 32 heavy (non-hydrogen) atoms. The van der Waals surface area contributed by atoms with Crippen molar-refractivity contribution >= 4 is 29.1 Å². The summed E-state index contributed by atoms with van der Waals surface area (Å²) in [6, 6.07) is 23.8. The Labute approximate surface area is 199 Å². The van der Waals surface area contributed by atoms with E-state index in [1.807, 2.05) is 53.4 Å². The van der Waals surface area contributed by atoms with Gasteiger partial charge in [0.25, 0.3) is 0 Å². The Kier molecular flexibility index (Phi) is 7.36. The molecule has 0 unspecified atom stereocenters. The Morgan fingerprint density at radius 3 is 1.78 bits per heavy atom. The lowest BCUT2D eigenvalue weighted by atomic mass is 9.96. The monoisotopic (exact) mass is 468 g/mol. The SMILES string of the molecule is COc1ccc(CC(=O)N2CCN(C(c3ccc(Cl)cc3)c3ccc(Cl)cc3)CC2)cc1. The van der Waals surface area contributed by atoms with Crippen molar-refractivity contribution in [2.75, 3.05) is 33.3 Å². The number of rotatable bonds is 6. The lowest BCUT2D eigenvalue weighted by Gasteiger charge is -2.40. The fourth-order valence-corrected chi connectivity index (χ4v) is 4.42. The maximum Gasteiger partial charge on any atom is 0.227 e. The first kappa shape index (κ1) is 22.7. The van der Waals surface area contributed by atoms with Crippen LogP contribution in [0.25, 0.3) is 0 Å². The van der Waals surface area contributed by atoms with E-state index in [1.54, 1.807) is 7.11 Å². The van der Waals surface area contributed by atoms with Crippen LogP contribution in [-0.2, 0) is 11.2 Å². The molecule has 1 aliphatic rings. The van der Waals surface area contributed by atoms with E-state index in [1.165, 1.54) is 11.1 Å². The Balaban J connectivity index is 1.45. The third-order valence-electron chi connectivity index (χ3n) is 5.92. The number of hydrogen-bond acceptors (Lipinski definition) is 3. The number of hydrogen-bond donors (Lipinski definition) is 0. The number of nitrogens with zero attached hydrogens (tertiary/aromatic N) is 2.